The molecule has 2 aliphatic rings. The molecule has 2 heterocycles. The minimum atomic E-state index is -0.774. The lowest BCUT2D eigenvalue weighted by atomic mass is 9.92. The van der Waals surface area contributed by atoms with E-state index in [1.54, 1.807) is 13.8 Å². The third-order valence-electron chi connectivity index (χ3n) is 4.47. The van der Waals surface area contributed by atoms with Crippen LogP contribution in [-0.4, -0.2) is 59.9 Å². The van der Waals surface area contributed by atoms with Crippen LogP contribution in [0.25, 0.3) is 0 Å². The fourth-order valence-electron chi connectivity index (χ4n) is 3.40. The molecule has 2 aliphatic heterocycles. The van der Waals surface area contributed by atoms with Gasteiger partial charge in [0, 0.05) is 13.1 Å². The van der Waals surface area contributed by atoms with Gasteiger partial charge in [0.2, 0.25) is 11.8 Å². The number of carbonyl (C=O) groups is 2. The maximum absolute atomic E-state index is 12.6. The average Bonchev–Trinajstić information content (AvgIpc) is 2.35. The Kier molecular flexibility index (Phi) is 4.37. The third-order valence-corrected chi connectivity index (χ3v) is 4.47. The fourth-order valence-corrected chi connectivity index (χ4v) is 3.40. The molecule has 0 aliphatic carbocycles. The highest BCUT2D eigenvalue weighted by Gasteiger charge is 2.45. The lowest BCUT2D eigenvalue weighted by Gasteiger charge is -2.44. The van der Waals surface area contributed by atoms with E-state index in [4.69, 9.17) is 0 Å². The number of carbonyl (C=O) groups excluding carboxylic acids is 2. The Morgan fingerprint density at radius 3 is 2.65 bits per heavy atom. The van der Waals surface area contributed by atoms with Crippen molar-refractivity contribution in [2.75, 3.05) is 26.7 Å². The van der Waals surface area contributed by atoms with Gasteiger partial charge in [-0.05, 0) is 52.6 Å². The summed E-state index contributed by atoms with van der Waals surface area (Å²) in [6.45, 7) is 8.41. The Morgan fingerprint density at radius 2 is 2.05 bits per heavy atom. The number of piperazine rings is 1. The molecular formula is C15H27N3O2. The van der Waals surface area contributed by atoms with Crippen LogP contribution >= 0.6 is 0 Å². The third kappa shape index (κ3) is 2.97. The van der Waals surface area contributed by atoms with E-state index in [0.717, 1.165) is 19.5 Å². The summed E-state index contributed by atoms with van der Waals surface area (Å²) >= 11 is 0. The standard InChI is InChI=1S/C15H27N3O2/c1-5-12-13(19)16-15(2,3)14(20)18(12)10-11-7-6-8-17(4)9-11/h11-12H,5-10H2,1-4H3,(H,16,19). The van der Waals surface area contributed by atoms with Gasteiger partial charge in [0.1, 0.15) is 11.6 Å². The predicted molar refractivity (Wildman–Crippen MR) is 78.2 cm³/mol. The van der Waals surface area contributed by atoms with Gasteiger partial charge < -0.3 is 15.1 Å². The number of piperidine rings is 1. The summed E-state index contributed by atoms with van der Waals surface area (Å²) in [6.07, 6.45) is 3.00. The first-order valence-electron chi connectivity index (χ1n) is 7.66. The van der Waals surface area contributed by atoms with E-state index >= 15 is 0 Å². The number of amides is 2. The number of nitrogens with one attached hydrogen (secondary N) is 1. The highest BCUT2D eigenvalue weighted by atomic mass is 16.2. The van der Waals surface area contributed by atoms with Crippen molar-refractivity contribution in [1.29, 1.82) is 0 Å². The van der Waals surface area contributed by atoms with Gasteiger partial charge >= 0.3 is 0 Å². The van der Waals surface area contributed by atoms with E-state index < -0.39 is 5.54 Å². The molecule has 0 bridgehead atoms. The molecule has 0 aromatic carbocycles. The predicted octanol–water partition coefficient (Wildman–Crippen LogP) is 0.844. The smallest absolute Gasteiger partial charge is 0.248 e. The van der Waals surface area contributed by atoms with Crippen LogP contribution in [0.3, 0.4) is 0 Å². The second-order valence-electron chi connectivity index (χ2n) is 6.77. The van der Waals surface area contributed by atoms with Gasteiger partial charge in [0.15, 0.2) is 0 Å². The summed E-state index contributed by atoms with van der Waals surface area (Å²) in [4.78, 5) is 28.9. The van der Waals surface area contributed by atoms with Crippen molar-refractivity contribution in [3.63, 3.8) is 0 Å². The first kappa shape index (κ1) is 15.3. The van der Waals surface area contributed by atoms with Crippen molar-refractivity contribution in [3.8, 4) is 0 Å². The van der Waals surface area contributed by atoms with Crippen LogP contribution < -0.4 is 5.32 Å². The number of hydrogen-bond acceptors (Lipinski definition) is 3. The van der Waals surface area contributed by atoms with E-state index in [2.05, 4.69) is 17.3 Å². The average molecular weight is 281 g/mol. The molecule has 0 radical (unpaired) electrons. The monoisotopic (exact) mass is 281 g/mol. The Bertz CT molecular complexity index is 395. The number of nitrogens with zero attached hydrogens (tertiary/aromatic N) is 2. The molecule has 2 amide bonds. The van der Waals surface area contributed by atoms with E-state index in [9.17, 15) is 9.59 Å². The molecule has 2 rings (SSSR count). The Balaban J connectivity index is 2.12. The van der Waals surface area contributed by atoms with Crippen LogP contribution in [0, 0.1) is 5.92 Å². The summed E-state index contributed by atoms with van der Waals surface area (Å²) in [6, 6.07) is -0.303. The minimum absolute atomic E-state index is 0.0127. The molecule has 0 aromatic heterocycles. The normalized spacial score (nSPS) is 31.3. The maximum Gasteiger partial charge on any atom is 0.248 e. The lowest BCUT2D eigenvalue weighted by Crippen LogP contribution is -2.68. The first-order valence-corrected chi connectivity index (χ1v) is 7.66. The van der Waals surface area contributed by atoms with E-state index in [1.165, 1.54) is 6.42 Å². The van der Waals surface area contributed by atoms with Crippen molar-refractivity contribution in [3.05, 3.63) is 0 Å². The van der Waals surface area contributed by atoms with Gasteiger partial charge in [-0.25, -0.2) is 0 Å². The highest BCUT2D eigenvalue weighted by Crippen LogP contribution is 2.24. The molecule has 2 fully saturated rings. The zero-order valence-corrected chi connectivity index (χ0v) is 13.1. The Hall–Kier alpha value is -1.10. The van der Waals surface area contributed by atoms with Crippen LogP contribution in [0.4, 0.5) is 0 Å². The Labute approximate surface area is 121 Å². The quantitative estimate of drug-likeness (QED) is 0.834. The van der Waals surface area contributed by atoms with Gasteiger partial charge in [0.25, 0.3) is 0 Å². The van der Waals surface area contributed by atoms with Crippen LogP contribution in [0.15, 0.2) is 0 Å². The Morgan fingerprint density at radius 1 is 1.35 bits per heavy atom. The van der Waals surface area contributed by atoms with Gasteiger partial charge in [-0.1, -0.05) is 6.92 Å². The summed E-state index contributed by atoms with van der Waals surface area (Å²) in [5.41, 5.74) is -0.774. The van der Waals surface area contributed by atoms with Gasteiger partial charge in [0.05, 0.1) is 0 Å². The molecule has 0 spiro atoms. The molecule has 0 saturated carbocycles. The van der Waals surface area contributed by atoms with E-state index in [-0.39, 0.29) is 17.9 Å². The van der Waals surface area contributed by atoms with Crippen LogP contribution in [0.2, 0.25) is 0 Å². The summed E-state index contributed by atoms with van der Waals surface area (Å²) in [5, 5.41) is 2.84. The van der Waals surface area contributed by atoms with Crippen molar-refractivity contribution in [1.82, 2.24) is 15.1 Å². The summed E-state index contributed by atoms with van der Waals surface area (Å²) in [5.74, 6) is 0.520. The number of hydrogen-bond donors (Lipinski definition) is 1. The molecule has 2 unspecified atom stereocenters. The van der Waals surface area contributed by atoms with E-state index in [1.807, 2.05) is 11.8 Å². The number of likely N-dealkylation sites (tertiary alicyclic amines) is 1. The first-order chi connectivity index (χ1) is 9.35. The van der Waals surface area contributed by atoms with Gasteiger partial charge in [-0.15, -0.1) is 0 Å². The molecule has 2 atom stereocenters. The zero-order chi connectivity index (χ0) is 14.9. The highest BCUT2D eigenvalue weighted by molar-refractivity contribution is 5.99. The second-order valence-corrected chi connectivity index (χ2v) is 6.77. The van der Waals surface area contributed by atoms with Crippen molar-refractivity contribution in [2.24, 2.45) is 5.92 Å². The molecule has 2 saturated heterocycles. The maximum atomic E-state index is 12.6. The van der Waals surface area contributed by atoms with Gasteiger partial charge in [-0.2, -0.15) is 0 Å². The van der Waals surface area contributed by atoms with Crippen LogP contribution in [0.5, 0.6) is 0 Å². The molecule has 1 N–H and O–H groups in total. The minimum Gasteiger partial charge on any atom is -0.340 e. The van der Waals surface area contributed by atoms with Crippen LogP contribution in [-0.2, 0) is 9.59 Å². The van der Waals surface area contributed by atoms with E-state index in [0.29, 0.717) is 18.9 Å². The SMILES string of the molecule is CCC1C(=O)NC(C)(C)C(=O)N1CC1CCCN(C)C1. The molecule has 5 nitrogen and oxygen atoms in total. The molecule has 20 heavy (non-hydrogen) atoms. The zero-order valence-electron chi connectivity index (χ0n) is 13.1. The molecular weight excluding hydrogens is 254 g/mol. The van der Waals surface area contributed by atoms with Crippen molar-refractivity contribution >= 4 is 11.8 Å². The summed E-state index contributed by atoms with van der Waals surface area (Å²) < 4.78 is 0. The topological polar surface area (TPSA) is 52.7 Å². The largest absolute Gasteiger partial charge is 0.340 e. The lowest BCUT2D eigenvalue weighted by molar-refractivity contribution is -0.154. The number of rotatable bonds is 3. The van der Waals surface area contributed by atoms with Crippen molar-refractivity contribution in [2.45, 2.75) is 51.6 Å². The van der Waals surface area contributed by atoms with Crippen molar-refractivity contribution < 1.29 is 9.59 Å². The van der Waals surface area contributed by atoms with Crippen LogP contribution in [0.1, 0.15) is 40.0 Å². The molecule has 0 aromatic rings. The second kappa shape index (κ2) is 5.72. The molecule has 114 valence electrons. The van der Waals surface area contributed by atoms with Gasteiger partial charge in [-0.3, -0.25) is 9.59 Å². The fraction of sp³-hybridized carbons (Fsp3) is 0.867. The summed E-state index contributed by atoms with van der Waals surface area (Å²) in [7, 11) is 2.12. The molecule has 5 heteroatoms.